The Morgan fingerprint density at radius 2 is 1.96 bits per heavy atom. The van der Waals surface area contributed by atoms with Crippen molar-refractivity contribution in [2.24, 2.45) is 0 Å². The van der Waals surface area contributed by atoms with E-state index < -0.39 is 0 Å². The summed E-state index contributed by atoms with van der Waals surface area (Å²) in [7, 11) is 0. The first-order valence-electron chi connectivity index (χ1n) is 9.14. The van der Waals surface area contributed by atoms with Crippen LogP contribution in [0.1, 0.15) is 41.1 Å². The van der Waals surface area contributed by atoms with Crippen LogP contribution in [0.5, 0.6) is 5.75 Å². The number of carbonyl (C=O) groups is 1. The van der Waals surface area contributed by atoms with Crippen LogP contribution in [0.15, 0.2) is 34.9 Å². The van der Waals surface area contributed by atoms with Crippen LogP contribution in [0.4, 0.5) is 0 Å². The number of rotatable bonds is 3. The molecule has 6 heteroatoms. The molecule has 1 atom stereocenters. The monoisotopic (exact) mass is 356 g/mol. The Kier molecular flexibility index (Phi) is 4.44. The number of nitrogens with zero attached hydrogens (tertiary/aromatic N) is 2. The van der Waals surface area contributed by atoms with Crippen LogP contribution in [0.2, 0.25) is 0 Å². The van der Waals surface area contributed by atoms with Gasteiger partial charge < -0.3 is 18.9 Å². The first-order chi connectivity index (χ1) is 12.6. The predicted octanol–water partition coefficient (Wildman–Crippen LogP) is 3.13. The standard InChI is InChI=1S/C20H24N2O4/c1-14-18(15(2)26-21-14)19(23)22-10-8-20(9-11-22)12-17(13-24-20)25-16-6-4-3-5-7-16/h3-7,17H,8-13H2,1-2H3/t17-/m1/s1. The van der Waals surface area contributed by atoms with E-state index in [1.165, 1.54) is 0 Å². The summed E-state index contributed by atoms with van der Waals surface area (Å²) in [6, 6.07) is 9.86. The van der Waals surface area contributed by atoms with Gasteiger partial charge in [-0.15, -0.1) is 0 Å². The van der Waals surface area contributed by atoms with Crippen molar-refractivity contribution in [2.75, 3.05) is 19.7 Å². The van der Waals surface area contributed by atoms with Crippen LogP contribution in [0.25, 0.3) is 0 Å². The number of ether oxygens (including phenoxy) is 2. The minimum absolute atomic E-state index is 0.00572. The second-order valence-corrected chi connectivity index (χ2v) is 7.24. The molecule has 1 aromatic heterocycles. The van der Waals surface area contributed by atoms with Crippen LogP contribution >= 0.6 is 0 Å². The lowest BCUT2D eigenvalue weighted by Gasteiger charge is -2.38. The van der Waals surface area contributed by atoms with Gasteiger partial charge >= 0.3 is 0 Å². The summed E-state index contributed by atoms with van der Waals surface area (Å²) in [6.45, 7) is 5.56. The molecule has 0 unspecified atom stereocenters. The van der Waals surface area contributed by atoms with Crippen molar-refractivity contribution in [3.63, 3.8) is 0 Å². The molecular weight excluding hydrogens is 332 g/mol. The molecule has 2 aromatic rings. The van der Waals surface area contributed by atoms with Crippen LogP contribution in [0.3, 0.4) is 0 Å². The van der Waals surface area contributed by atoms with Crippen molar-refractivity contribution in [1.29, 1.82) is 0 Å². The minimum atomic E-state index is -0.172. The molecule has 2 fully saturated rings. The van der Waals surface area contributed by atoms with E-state index >= 15 is 0 Å². The predicted molar refractivity (Wildman–Crippen MR) is 95.3 cm³/mol. The van der Waals surface area contributed by atoms with E-state index in [1.807, 2.05) is 35.2 Å². The summed E-state index contributed by atoms with van der Waals surface area (Å²) in [5, 5.41) is 3.89. The van der Waals surface area contributed by atoms with E-state index in [4.69, 9.17) is 14.0 Å². The topological polar surface area (TPSA) is 64.8 Å². The van der Waals surface area contributed by atoms with Crippen molar-refractivity contribution in [3.8, 4) is 5.75 Å². The Bertz CT molecular complexity index is 759. The van der Waals surface area contributed by atoms with Crippen molar-refractivity contribution in [1.82, 2.24) is 10.1 Å². The minimum Gasteiger partial charge on any atom is -0.488 e. The molecule has 138 valence electrons. The van der Waals surface area contributed by atoms with Crippen molar-refractivity contribution in [2.45, 2.75) is 44.8 Å². The highest BCUT2D eigenvalue weighted by Gasteiger charge is 2.44. The number of benzene rings is 1. The van der Waals surface area contributed by atoms with Gasteiger partial charge in [0.05, 0.1) is 17.9 Å². The van der Waals surface area contributed by atoms with Crippen LogP contribution in [0, 0.1) is 13.8 Å². The van der Waals surface area contributed by atoms with E-state index in [1.54, 1.807) is 13.8 Å². The fourth-order valence-corrected chi connectivity index (χ4v) is 3.98. The molecule has 26 heavy (non-hydrogen) atoms. The van der Waals surface area contributed by atoms with Gasteiger partial charge in [-0.2, -0.15) is 0 Å². The summed E-state index contributed by atoms with van der Waals surface area (Å²) in [5.41, 5.74) is 1.08. The maximum atomic E-state index is 12.8. The van der Waals surface area contributed by atoms with E-state index in [9.17, 15) is 4.79 Å². The second kappa shape index (κ2) is 6.76. The number of likely N-dealkylation sites (tertiary alicyclic amines) is 1. The fourth-order valence-electron chi connectivity index (χ4n) is 3.98. The molecular formula is C20H24N2O4. The van der Waals surface area contributed by atoms with Gasteiger partial charge in [-0.3, -0.25) is 4.79 Å². The zero-order chi connectivity index (χ0) is 18.1. The van der Waals surface area contributed by atoms with Gasteiger partial charge in [0.25, 0.3) is 5.91 Å². The number of aromatic nitrogens is 1. The van der Waals surface area contributed by atoms with Gasteiger partial charge in [0.15, 0.2) is 0 Å². The van der Waals surface area contributed by atoms with Crippen molar-refractivity contribution < 1.29 is 18.8 Å². The Balaban J connectivity index is 1.36. The first kappa shape index (κ1) is 17.1. The smallest absolute Gasteiger partial charge is 0.259 e. The second-order valence-electron chi connectivity index (χ2n) is 7.24. The third-order valence-corrected chi connectivity index (χ3v) is 5.43. The van der Waals surface area contributed by atoms with Gasteiger partial charge in [-0.1, -0.05) is 23.4 Å². The van der Waals surface area contributed by atoms with E-state index in [-0.39, 0.29) is 17.6 Å². The summed E-state index contributed by atoms with van der Waals surface area (Å²) in [5.74, 6) is 1.47. The van der Waals surface area contributed by atoms with Crippen molar-refractivity contribution >= 4 is 5.91 Å². The number of para-hydroxylation sites is 1. The molecule has 1 amide bonds. The molecule has 0 N–H and O–H groups in total. The maximum absolute atomic E-state index is 12.8. The highest BCUT2D eigenvalue weighted by molar-refractivity contribution is 5.96. The summed E-state index contributed by atoms with van der Waals surface area (Å²) in [6.07, 6.45) is 2.60. The average molecular weight is 356 g/mol. The molecule has 0 aliphatic carbocycles. The third-order valence-electron chi connectivity index (χ3n) is 5.43. The zero-order valence-electron chi connectivity index (χ0n) is 15.2. The van der Waals surface area contributed by atoms with Crippen molar-refractivity contribution in [3.05, 3.63) is 47.3 Å². The van der Waals surface area contributed by atoms with Gasteiger partial charge in [0.2, 0.25) is 0 Å². The van der Waals surface area contributed by atoms with Crippen LogP contribution in [-0.2, 0) is 4.74 Å². The third kappa shape index (κ3) is 3.21. The van der Waals surface area contributed by atoms with E-state index in [0.717, 1.165) is 25.0 Å². The Hall–Kier alpha value is -2.34. The zero-order valence-corrected chi connectivity index (χ0v) is 15.2. The molecule has 0 saturated carbocycles. The normalized spacial score (nSPS) is 21.9. The molecule has 2 aliphatic heterocycles. The lowest BCUT2D eigenvalue weighted by atomic mass is 9.87. The highest BCUT2D eigenvalue weighted by atomic mass is 16.6. The van der Waals surface area contributed by atoms with Crippen LogP contribution < -0.4 is 4.74 Å². The number of amides is 1. The number of hydrogen-bond acceptors (Lipinski definition) is 5. The van der Waals surface area contributed by atoms with Gasteiger partial charge in [0, 0.05) is 19.5 Å². The number of hydrogen-bond donors (Lipinski definition) is 0. The summed E-state index contributed by atoms with van der Waals surface area (Å²) in [4.78, 5) is 14.7. The number of aryl methyl sites for hydroxylation is 2. The SMILES string of the molecule is Cc1noc(C)c1C(=O)N1CCC2(CC1)C[C@@H](Oc1ccccc1)CO2. The maximum Gasteiger partial charge on any atom is 0.259 e. The Morgan fingerprint density at radius 1 is 1.23 bits per heavy atom. The Morgan fingerprint density at radius 3 is 2.62 bits per heavy atom. The molecule has 6 nitrogen and oxygen atoms in total. The summed E-state index contributed by atoms with van der Waals surface area (Å²) >= 11 is 0. The molecule has 1 aromatic carbocycles. The summed E-state index contributed by atoms with van der Waals surface area (Å²) < 4.78 is 17.3. The Labute approximate surface area is 153 Å². The van der Waals surface area contributed by atoms with Gasteiger partial charge in [-0.05, 0) is 38.8 Å². The molecule has 1 spiro atoms. The van der Waals surface area contributed by atoms with Gasteiger partial charge in [-0.25, -0.2) is 0 Å². The molecule has 4 rings (SSSR count). The largest absolute Gasteiger partial charge is 0.488 e. The highest BCUT2D eigenvalue weighted by Crippen LogP contribution is 2.37. The lowest BCUT2D eigenvalue weighted by molar-refractivity contribution is -0.0396. The molecule has 0 bridgehead atoms. The average Bonchev–Trinajstić information content (AvgIpc) is 3.19. The fraction of sp³-hybridized carbons (Fsp3) is 0.500. The molecule has 0 radical (unpaired) electrons. The van der Waals surface area contributed by atoms with Crippen LogP contribution in [-0.4, -0.2) is 47.4 Å². The molecule has 2 saturated heterocycles. The molecule has 3 heterocycles. The van der Waals surface area contributed by atoms with E-state index in [0.29, 0.717) is 36.7 Å². The number of piperidine rings is 1. The van der Waals surface area contributed by atoms with Gasteiger partial charge in [0.1, 0.15) is 23.2 Å². The van der Waals surface area contributed by atoms with E-state index in [2.05, 4.69) is 5.16 Å². The lowest BCUT2D eigenvalue weighted by Crippen LogP contribution is -2.46. The number of carbonyl (C=O) groups excluding carboxylic acids is 1. The first-order valence-corrected chi connectivity index (χ1v) is 9.14. The quantitative estimate of drug-likeness (QED) is 0.845. The molecule has 2 aliphatic rings.